The third kappa shape index (κ3) is 5.66. The van der Waals surface area contributed by atoms with E-state index in [1.165, 1.54) is 0 Å². The molecule has 0 spiro atoms. The Morgan fingerprint density at radius 2 is 1.76 bits per heavy atom. The van der Waals surface area contributed by atoms with Crippen LogP contribution in [-0.2, 0) is 20.9 Å². The minimum atomic E-state index is -0.587. The quantitative estimate of drug-likeness (QED) is 0.221. The number of ether oxygens (including phenoxy) is 2. The Labute approximate surface area is 202 Å². The minimum absolute atomic E-state index is 0.244. The van der Waals surface area contributed by atoms with Crippen LogP contribution in [0, 0.1) is 0 Å². The van der Waals surface area contributed by atoms with Gasteiger partial charge in [-0.25, -0.2) is 0 Å². The molecule has 0 aromatic heterocycles. The number of esters is 1. The second-order valence-corrected chi connectivity index (χ2v) is 8.84. The van der Waals surface area contributed by atoms with Crippen molar-refractivity contribution < 1.29 is 23.9 Å². The summed E-state index contributed by atoms with van der Waals surface area (Å²) in [7, 11) is 0. The van der Waals surface area contributed by atoms with E-state index in [4.69, 9.17) is 9.47 Å². The van der Waals surface area contributed by atoms with Crippen LogP contribution in [0.3, 0.4) is 0 Å². The van der Waals surface area contributed by atoms with Gasteiger partial charge in [0, 0.05) is 5.56 Å². The molecule has 3 aromatic carbocycles. The van der Waals surface area contributed by atoms with E-state index in [-0.39, 0.29) is 18.1 Å². The molecule has 6 nitrogen and oxygen atoms in total. The molecule has 0 bridgehead atoms. The third-order valence-electron chi connectivity index (χ3n) is 5.34. The van der Waals surface area contributed by atoms with E-state index in [9.17, 15) is 14.4 Å². The average molecular weight is 476 g/mol. The topological polar surface area (TPSA) is 72.9 Å². The van der Waals surface area contributed by atoms with Crippen molar-refractivity contribution >= 4 is 45.7 Å². The first-order valence-electron chi connectivity index (χ1n) is 11.2. The maximum absolute atomic E-state index is 12.8. The van der Waals surface area contributed by atoms with Gasteiger partial charge >= 0.3 is 5.97 Å². The number of nitrogens with zero attached hydrogens (tertiary/aromatic N) is 1. The molecule has 2 amide bonds. The van der Waals surface area contributed by atoms with Crippen molar-refractivity contribution in [3.05, 3.63) is 82.8 Å². The molecule has 0 saturated carbocycles. The number of fused-ring (bicyclic) bond motifs is 1. The minimum Gasteiger partial charge on any atom is -0.488 e. The maximum atomic E-state index is 12.8. The van der Waals surface area contributed by atoms with Crippen LogP contribution >= 0.6 is 11.8 Å². The molecule has 1 fully saturated rings. The summed E-state index contributed by atoms with van der Waals surface area (Å²) in [5, 5.41) is 1.81. The van der Waals surface area contributed by atoms with E-state index >= 15 is 0 Å². The predicted molar refractivity (Wildman–Crippen MR) is 133 cm³/mol. The molecule has 4 rings (SSSR count). The lowest BCUT2D eigenvalue weighted by atomic mass is 10.1. The van der Waals surface area contributed by atoms with Crippen molar-refractivity contribution in [3.63, 3.8) is 0 Å². The van der Waals surface area contributed by atoms with Crippen LogP contribution in [0.2, 0.25) is 0 Å². The first-order chi connectivity index (χ1) is 16.5. The average Bonchev–Trinajstić information content (AvgIpc) is 3.11. The number of amides is 2. The summed E-state index contributed by atoms with van der Waals surface area (Å²) < 4.78 is 11.1. The highest BCUT2D eigenvalue weighted by molar-refractivity contribution is 8.18. The normalized spacial score (nSPS) is 14.7. The van der Waals surface area contributed by atoms with Crippen molar-refractivity contribution in [1.29, 1.82) is 0 Å². The smallest absolute Gasteiger partial charge is 0.326 e. The monoisotopic (exact) mass is 475 g/mol. The molecule has 34 heavy (non-hydrogen) atoms. The zero-order valence-electron chi connectivity index (χ0n) is 18.9. The Kier molecular flexibility index (Phi) is 7.65. The van der Waals surface area contributed by atoms with Gasteiger partial charge in [-0.2, -0.15) is 0 Å². The van der Waals surface area contributed by atoms with Crippen molar-refractivity contribution in [1.82, 2.24) is 4.90 Å². The van der Waals surface area contributed by atoms with E-state index in [1.807, 2.05) is 49.4 Å². The number of imide groups is 1. The van der Waals surface area contributed by atoms with Gasteiger partial charge < -0.3 is 9.47 Å². The highest BCUT2D eigenvalue weighted by atomic mass is 32.2. The molecule has 174 valence electrons. The molecular weight excluding hydrogens is 450 g/mol. The number of benzene rings is 3. The molecule has 0 unspecified atom stereocenters. The number of hydrogen-bond donors (Lipinski definition) is 0. The summed E-state index contributed by atoms with van der Waals surface area (Å²) in [6.07, 6.45) is 3.26. The van der Waals surface area contributed by atoms with Crippen LogP contribution in [0.15, 0.2) is 71.6 Å². The van der Waals surface area contributed by atoms with Crippen LogP contribution < -0.4 is 4.74 Å². The second-order valence-electron chi connectivity index (χ2n) is 7.85. The highest BCUT2D eigenvalue weighted by Gasteiger charge is 2.36. The molecule has 1 saturated heterocycles. The second kappa shape index (κ2) is 11.0. The molecule has 1 heterocycles. The zero-order valence-corrected chi connectivity index (χ0v) is 19.7. The fourth-order valence-corrected chi connectivity index (χ4v) is 4.33. The standard InChI is InChI=1S/C27H25NO5S/c1-2-3-14-32-25(29)17-28-26(30)24(34-27(28)31)16-22-10-6-7-11-23(22)33-18-19-12-13-20-8-4-5-9-21(20)15-19/h4-13,15-16H,2-3,14,17-18H2,1H3/b24-16-. The third-order valence-corrected chi connectivity index (χ3v) is 6.24. The molecule has 0 radical (unpaired) electrons. The number of rotatable bonds is 9. The number of hydrogen-bond acceptors (Lipinski definition) is 6. The highest BCUT2D eigenvalue weighted by Crippen LogP contribution is 2.34. The number of thioether (sulfide) groups is 1. The van der Waals surface area contributed by atoms with Crippen LogP contribution in [0.5, 0.6) is 5.75 Å². The Balaban J connectivity index is 1.45. The zero-order chi connectivity index (χ0) is 23.9. The van der Waals surface area contributed by atoms with Gasteiger partial charge in [0.25, 0.3) is 11.1 Å². The largest absolute Gasteiger partial charge is 0.488 e. The number of carbonyl (C=O) groups excluding carboxylic acids is 3. The van der Waals surface area contributed by atoms with Gasteiger partial charge in [-0.05, 0) is 52.7 Å². The summed E-state index contributed by atoms with van der Waals surface area (Å²) in [4.78, 5) is 38.2. The van der Waals surface area contributed by atoms with E-state index < -0.39 is 17.1 Å². The Morgan fingerprint density at radius 3 is 2.59 bits per heavy atom. The lowest BCUT2D eigenvalue weighted by Crippen LogP contribution is -2.34. The Morgan fingerprint density at radius 1 is 1.00 bits per heavy atom. The van der Waals surface area contributed by atoms with E-state index in [0.717, 1.165) is 45.8 Å². The van der Waals surface area contributed by atoms with Gasteiger partial charge in [-0.3, -0.25) is 19.3 Å². The van der Waals surface area contributed by atoms with Crippen molar-refractivity contribution in [2.75, 3.05) is 13.2 Å². The van der Waals surface area contributed by atoms with Crippen LogP contribution in [0.25, 0.3) is 16.8 Å². The molecule has 0 atom stereocenters. The molecule has 1 aliphatic rings. The predicted octanol–water partition coefficient (Wildman–Crippen LogP) is 5.80. The van der Waals surface area contributed by atoms with Gasteiger partial charge in [0.05, 0.1) is 11.5 Å². The van der Waals surface area contributed by atoms with Crippen molar-refractivity contribution in [3.8, 4) is 5.75 Å². The lowest BCUT2D eigenvalue weighted by molar-refractivity contribution is -0.146. The van der Waals surface area contributed by atoms with E-state index in [1.54, 1.807) is 6.08 Å². The van der Waals surface area contributed by atoms with Gasteiger partial charge in [0.15, 0.2) is 0 Å². The first-order valence-corrected chi connectivity index (χ1v) is 12.0. The van der Waals surface area contributed by atoms with Gasteiger partial charge in [-0.15, -0.1) is 0 Å². The van der Waals surface area contributed by atoms with Gasteiger partial charge in [-0.1, -0.05) is 67.9 Å². The first kappa shape index (κ1) is 23.6. The van der Waals surface area contributed by atoms with Crippen LogP contribution in [0.1, 0.15) is 30.9 Å². The Hall–Kier alpha value is -3.58. The lowest BCUT2D eigenvalue weighted by Gasteiger charge is -2.12. The van der Waals surface area contributed by atoms with E-state index in [2.05, 4.69) is 24.3 Å². The molecule has 1 aliphatic heterocycles. The summed E-state index contributed by atoms with van der Waals surface area (Å²) in [6.45, 7) is 2.24. The summed E-state index contributed by atoms with van der Waals surface area (Å²) >= 11 is 0.807. The summed E-state index contributed by atoms with van der Waals surface area (Å²) in [5.74, 6) is -0.496. The van der Waals surface area contributed by atoms with Crippen LogP contribution in [-0.4, -0.2) is 35.2 Å². The summed E-state index contributed by atoms with van der Waals surface area (Å²) in [5.41, 5.74) is 1.70. The fourth-order valence-electron chi connectivity index (χ4n) is 3.50. The van der Waals surface area contributed by atoms with Gasteiger partial charge in [0.1, 0.15) is 18.9 Å². The SMILES string of the molecule is CCCCOC(=O)CN1C(=O)S/C(=C\c2ccccc2OCc2ccc3ccccc3c2)C1=O. The van der Waals surface area contributed by atoms with Crippen LogP contribution in [0.4, 0.5) is 4.79 Å². The molecule has 0 aliphatic carbocycles. The molecular formula is C27H25NO5S. The number of carbonyl (C=O) groups is 3. The van der Waals surface area contributed by atoms with Crippen molar-refractivity contribution in [2.45, 2.75) is 26.4 Å². The molecule has 7 heteroatoms. The molecule has 0 N–H and O–H groups in total. The number of unbranched alkanes of at least 4 members (excludes halogenated alkanes) is 1. The van der Waals surface area contributed by atoms with E-state index in [0.29, 0.717) is 17.9 Å². The number of para-hydroxylation sites is 1. The Bertz CT molecular complexity index is 1250. The fraction of sp³-hybridized carbons (Fsp3) is 0.222. The van der Waals surface area contributed by atoms with Gasteiger partial charge in [0.2, 0.25) is 0 Å². The molecule has 3 aromatic rings. The van der Waals surface area contributed by atoms with Crippen molar-refractivity contribution in [2.24, 2.45) is 0 Å². The summed E-state index contributed by atoms with van der Waals surface area (Å²) in [6, 6.07) is 21.6. The maximum Gasteiger partial charge on any atom is 0.326 e.